The van der Waals surface area contributed by atoms with E-state index in [1.165, 1.54) is 24.3 Å². The van der Waals surface area contributed by atoms with E-state index in [9.17, 15) is 30.7 Å². The van der Waals surface area contributed by atoms with Crippen molar-refractivity contribution in [2.75, 3.05) is 6.61 Å². The zero-order valence-electron chi connectivity index (χ0n) is 12.6. The number of ether oxygens (including phenoxy) is 1. The van der Waals surface area contributed by atoms with Gasteiger partial charge in [0.1, 0.15) is 5.75 Å². The van der Waals surface area contributed by atoms with E-state index in [0.29, 0.717) is 0 Å². The average Bonchev–Trinajstić information content (AvgIpc) is 2.59. The van der Waals surface area contributed by atoms with Crippen molar-refractivity contribution in [1.82, 2.24) is 4.98 Å². The summed E-state index contributed by atoms with van der Waals surface area (Å²) in [6.45, 7) is -1.90. The van der Waals surface area contributed by atoms with Gasteiger partial charge < -0.3 is 9.29 Å². The molecule has 2 rings (SSSR count). The van der Waals surface area contributed by atoms with E-state index in [1.807, 2.05) is 0 Å². The van der Waals surface area contributed by atoms with Gasteiger partial charge in [0.05, 0.1) is 28.4 Å². The molecule has 0 aliphatic heterocycles. The Balaban J connectivity index is 2.23. The van der Waals surface area contributed by atoms with E-state index < -0.39 is 29.8 Å². The van der Waals surface area contributed by atoms with Crippen LogP contribution in [0.5, 0.6) is 5.75 Å². The number of rotatable bonds is 5. The van der Waals surface area contributed by atoms with E-state index in [1.54, 1.807) is 6.07 Å². The minimum atomic E-state index is -5.73. The van der Waals surface area contributed by atoms with Crippen LogP contribution in [0.1, 0.15) is 5.56 Å². The van der Waals surface area contributed by atoms with Crippen LogP contribution in [-0.4, -0.2) is 32.5 Å². The lowest BCUT2D eigenvalue weighted by atomic mass is 10.1. The molecule has 1 atom stereocenters. The van der Waals surface area contributed by atoms with Crippen LogP contribution in [0, 0.1) is 11.3 Å². The normalized spacial score (nSPS) is 13.1. The van der Waals surface area contributed by atoms with Crippen molar-refractivity contribution < 1.29 is 35.5 Å². The van der Waals surface area contributed by atoms with Gasteiger partial charge in [-0.3, -0.25) is 4.98 Å². The summed E-state index contributed by atoms with van der Waals surface area (Å²) in [5, 5.41) is 8.82. The molecule has 0 saturated carbocycles. The summed E-state index contributed by atoms with van der Waals surface area (Å²) in [7, 11) is 0. The zero-order chi connectivity index (χ0) is 19.5. The molecule has 0 amide bonds. The van der Waals surface area contributed by atoms with Crippen molar-refractivity contribution in [3.63, 3.8) is 0 Å². The maximum atomic E-state index is 12.8. The topological polar surface area (TPSA) is 83.2 Å². The predicted molar refractivity (Wildman–Crippen MR) is 79.9 cm³/mol. The molecule has 0 aliphatic carbocycles. The lowest BCUT2D eigenvalue weighted by molar-refractivity contribution is -0.290. The van der Waals surface area contributed by atoms with Gasteiger partial charge in [0, 0.05) is 5.56 Å². The number of aromatic nitrogens is 1. The summed E-state index contributed by atoms with van der Waals surface area (Å²) in [6, 6.07) is 8.04. The number of benzene rings is 1. The number of halogens is 5. The highest BCUT2D eigenvalue weighted by Crippen LogP contribution is 2.36. The molecule has 1 N–H and O–H groups in total. The third kappa shape index (κ3) is 4.33. The van der Waals surface area contributed by atoms with Gasteiger partial charge in [0.2, 0.25) is 0 Å². The smallest absolute Gasteiger partial charge is 0.456 e. The second kappa shape index (κ2) is 7.35. The number of pyridine rings is 1. The molecule has 138 valence electrons. The van der Waals surface area contributed by atoms with E-state index >= 15 is 0 Å². The first-order valence-corrected chi connectivity index (χ1v) is 7.84. The van der Waals surface area contributed by atoms with Crippen LogP contribution in [0.2, 0.25) is 0 Å². The molecule has 1 aromatic heterocycles. The first-order chi connectivity index (χ1) is 12.0. The highest BCUT2D eigenvalue weighted by molar-refractivity contribution is 7.79. The first-order valence-electron chi connectivity index (χ1n) is 6.74. The molecule has 1 unspecified atom stereocenters. The van der Waals surface area contributed by atoms with Gasteiger partial charge in [-0.2, -0.15) is 27.2 Å². The minimum absolute atomic E-state index is 0.103. The molecule has 11 heteroatoms. The predicted octanol–water partition coefficient (Wildman–Crippen LogP) is 3.78. The fourth-order valence-corrected chi connectivity index (χ4v) is 2.42. The number of nitriles is 1. The molecule has 2 aromatic rings. The summed E-state index contributed by atoms with van der Waals surface area (Å²) >= 11 is -2.43. The Morgan fingerprint density at radius 2 is 1.88 bits per heavy atom. The Morgan fingerprint density at radius 3 is 2.38 bits per heavy atom. The summed E-state index contributed by atoms with van der Waals surface area (Å²) in [5.41, 5.74) is 0.472. The van der Waals surface area contributed by atoms with Crippen molar-refractivity contribution >= 4 is 11.1 Å². The van der Waals surface area contributed by atoms with E-state index in [-0.39, 0.29) is 27.5 Å². The van der Waals surface area contributed by atoms with Gasteiger partial charge >= 0.3 is 12.1 Å². The molecule has 0 bridgehead atoms. The Labute approximate surface area is 146 Å². The standard InChI is InChI=1S/C15H9F5N2O3S/c16-14(17,15(18,19)20)8-25-10-2-4-12(22-7-10)11-3-1-9(6-21)5-13(11)26(23)24/h1-5,7H,8H2,(H,23,24). The van der Waals surface area contributed by atoms with Crippen LogP contribution >= 0.6 is 0 Å². The van der Waals surface area contributed by atoms with Gasteiger partial charge in [-0.1, -0.05) is 6.07 Å². The van der Waals surface area contributed by atoms with Crippen LogP contribution in [0.15, 0.2) is 41.4 Å². The molecule has 1 aromatic carbocycles. The first kappa shape index (κ1) is 19.7. The highest BCUT2D eigenvalue weighted by Gasteiger charge is 2.58. The number of hydrogen-bond acceptors (Lipinski definition) is 4. The van der Waals surface area contributed by atoms with Gasteiger partial charge in [0.25, 0.3) is 0 Å². The maximum Gasteiger partial charge on any atom is 0.456 e. The third-order valence-electron chi connectivity index (χ3n) is 3.15. The van der Waals surface area contributed by atoms with Crippen molar-refractivity contribution in [2.24, 2.45) is 0 Å². The Hall–Kier alpha value is -2.58. The Morgan fingerprint density at radius 1 is 1.19 bits per heavy atom. The molecule has 26 heavy (non-hydrogen) atoms. The minimum Gasteiger partial charge on any atom is -0.485 e. The summed E-state index contributed by atoms with van der Waals surface area (Å²) in [5.74, 6) is -5.35. The second-order valence-electron chi connectivity index (χ2n) is 4.94. The summed E-state index contributed by atoms with van der Waals surface area (Å²) in [4.78, 5) is 3.73. The average molecular weight is 392 g/mol. The van der Waals surface area contributed by atoms with E-state index in [2.05, 4.69) is 9.72 Å². The second-order valence-corrected chi connectivity index (χ2v) is 5.88. The molecule has 0 fully saturated rings. The van der Waals surface area contributed by atoms with Crippen LogP contribution in [0.3, 0.4) is 0 Å². The van der Waals surface area contributed by atoms with Crippen LogP contribution in [-0.2, 0) is 11.1 Å². The van der Waals surface area contributed by atoms with Crippen molar-refractivity contribution in [3.05, 3.63) is 42.1 Å². The SMILES string of the molecule is N#Cc1ccc(-c2ccc(OCC(F)(F)C(F)(F)F)cn2)c(S(=O)O)c1. The van der Waals surface area contributed by atoms with Crippen molar-refractivity contribution in [2.45, 2.75) is 17.0 Å². The van der Waals surface area contributed by atoms with Gasteiger partial charge in [-0.05, 0) is 24.3 Å². The number of nitrogens with zero attached hydrogens (tertiary/aromatic N) is 2. The highest BCUT2D eigenvalue weighted by atomic mass is 32.2. The molecule has 5 nitrogen and oxygen atoms in total. The maximum absolute atomic E-state index is 12.8. The quantitative estimate of drug-likeness (QED) is 0.619. The monoisotopic (exact) mass is 392 g/mol. The lowest BCUT2D eigenvalue weighted by Crippen LogP contribution is -2.41. The lowest BCUT2D eigenvalue weighted by Gasteiger charge is -2.19. The molecular formula is C15H9F5N2O3S. The van der Waals surface area contributed by atoms with E-state index in [0.717, 1.165) is 12.3 Å². The van der Waals surface area contributed by atoms with Crippen LogP contribution < -0.4 is 4.74 Å². The fraction of sp³-hybridized carbons (Fsp3) is 0.200. The number of alkyl halides is 5. The Bertz CT molecular complexity index is 863. The Kier molecular flexibility index (Phi) is 5.58. The molecule has 0 radical (unpaired) electrons. The largest absolute Gasteiger partial charge is 0.485 e. The molecule has 0 saturated heterocycles. The molecule has 0 spiro atoms. The zero-order valence-corrected chi connectivity index (χ0v) is 13.4. The van der Waals surface area contributed by atoms with E-state index in [4.69, 9.17) is 5.26 Å². The third-order valence-corrected chi connectivity index (χ3v) is 3.86. The van der Waals surface area contributed by atoms with Crippen LogP contribution in [0.25, 0.3) is 11.3 Å². The summed E-state index contributed by atoms with van der Waals surface area (Å²) < 4.78 is 87.0. The van der Waals surface area contributed by atoms with Gasteiger partial charge in [-0.25, -0.2) is 4.21 Å². The molecular weight excluding hydrogens is 383 g/mol. The fourth-order valence-electron chi connectivity index (χ4n) is 1.83. The van der Waals surface area contributed by atoms with Gasteiger partial charge in [-0.15, -0.1) is 0 Å². The molecule has 0 aliphatic rings. The van der Waals surface area contributed by atoms with Crippen molar-refractivity contribution in [1.29, 1.82) is 5.26 Å². The van der Waals surface area contributed by atoms with Crippen molar-refractivity contribution in [3.8, 4) is 23.1 Å². The van der Waals surface area contributed by atoms with Crippen LogP contribution in [0.4, 0.5) is 22.0 Å². The molecule has 1 heterocycles. The van der Waals surface area contributed by atoms with Gasteiger partial charge in [0.15, 0.2) is 17.7 Å². The summed E-state index contributed by atoms with van der Waals surface area (Å²) in [6.07, 6.45) is -4.83. The number of hydrogen-bond donors (Lipinski definition) is 1.